The van der Waals surface area contributed by atoms with E-state index in [4.69, 9.17) is 16.3 Å². The maximum atomic E-state index is 6.07. The number of hydrogen-bond acceptors (Lipinski definition) is 6. The van der Waals surface area contributed by atoms with Crippen LogP contribution in [-0.2, 0) is 0 Å². The van der Waals surface area contributed by atoms with Crippen molar-refractivity contribution in [3.63, 3.8) is 0 Å². The first-order valence-electron chi connectivity index (χ1n) is 8.23. The molecule has 2 aromatic carbocycles. The van der Waals surface area contributed by atoms with Gasteiger partial charge in [0.05, 0.1) is 19.0 Å². The van der Waals surface area contributed by atoms with Gasteiger partial charge in [-0.15, -0.1) is 5.10 Å². The zero-order chi connectivity index (χ0) is 18.5. The Hall–Kier alpha value is -2.86. The van der Waals surface area contributed by atoms with Crippen molar-refractivity contribution in [3.05, 3.63) is 59.2 Å². The molecule has 0 saturated carbocycles. The number of anilines is 4. The van der Waals surface area contributed by atoms with Crippen LogP contribution in [0.4, 0.5) is 23.1 Å². The van der Waals surface area contributed by atoms with Crippen LogP contribution in [-0.4, -0.2) is 22.3 Å². The van der Waals surface area contributed by atoms with E-state index in [1.165, 1.54) is 5.56 Å². The molecule has 0 aliphatic carbocycles. The number of para-hydroxylation sites is 1. The lowest BCUT2D eigenvalue weighted by atomic mass is 10.0. The third kappa shape index (κ3) is 4.21. The number of rotatable bonds is 6. The SMILES string of the molecule is COc1ccc(Cl)cc1Nc1cnnc(Nc2ccccc2C(C)C)n1. The molecule has 134 valence electrons. The van der Waals surface area contributed by atoms with Crippen LogP contribution >= 0.6 is 11.6 Å². The minimum Gasteiger partial charge on any atom is -0.495 e. The minimum atomic E-state index is 0.378. The lowest BCUT2D eigenvalue weighted by Crippen LogP contribution is -2.05. The molecule has 1 aromatic heterocycles. The van der Waals surface area contributed by atoms with Gasteiger partial charge in [-0.2, -0.15) is 10.1 Å². The molecule has 0 unspecified atom stereocenters. The summed E-state index contributed by atoms with van der Waals surface area (Å²) in [5.74, 6) is 1.98. The number of aromatic nitrogens is 3. The molecule has 0 amide bonds. The minimum absolute atomic E-state index is 0.378. The van der Waals surface area contributed by atoms with Gasteiger partial charge >= 0.3 is 0 Å². The predicted molar refractivity (Wildman–Crippen MR) is 105 cm³/mol. The monoisotopic (exact) mass is 369 g/mol. The summed E-state index contributed by atoms with van der Waals surface area (Å²) >= 11 is 6.07. The summed E-state index contributed by atoms with van der Waals surface area (Å²) in [7, 11) is 1.60. The van der Waals surface area contributed by atoms with Crippen LogP contribution in [0, 0.1) is 0 Å². The second-order valence-corrected chi connectivity index (χ2v) is 6.44. The molecule has 0 saturated heterocycles. The first kappa shape index (κ1) is 17.9. The fourth-order valence-corrected chi connectivity index (χ4v) is 2.74. The smallest absolute Gasteiger partial charge is 0.249 e. The quantitative estimate of drug-likeness (QED) is 0.626. The number of nitrogens with zero attached hydrogens (tertiary/aromatic N) is 3. The Morgan fingerprint density at radius 2 is 1.85 bits per heavy atom. The molecule has 0 aliphatic rings. The lowest BCUT2D eigenvalue weighted by Gasteiger charge is -2.14. The number of benzene rings is 2. The Kier molecular flexibility index (Phi) is 5.53. The Morgan fingerprint density at radius 3 is 2.62 bits per heavy atom. The van der Waals surface area contributed by atoms with Crippen molar-refractivity contribution < 1.29 is 4.74 Å². The molecule has 6 nitrogen and oxygen atoms in total. The van der Waals surface area contributed by atoms with E-state index in [2.05, 4.69) is 45.7 Å². The van der Waals surface area contributed by atoms with E-state index in [0.717, 1.165) is 5.69 Å². The Labute approximate surface area is 157 Å². The topological polar surface area (TPSA) is 72.0 Å². The van der Waals surface area contributed by atoms with Gasteiger partial charge in [-0.25, -0.2) is 0 Å². The molecule has 0 bridgehead atoms. The van der Waals surface area contributed by atoms with Crippen LogP contribution in [0.3, 0.4) is 0 Å². The maximum absolute atomic E-state index is 6.07. The van der Waals surface area contributed by atoms with Gasteiger partial charge in [-0.1, -0.05) is 43.6 Å². The van der Waals surface area contributed by atoms with Crippen molar-refractivity contribution in [2.45, 2.75) is 19.8 Å². The maximum Gasteiger partial charge on any atom is 0.249 e. The summed E-state index contributed by atoms with van der Waals surface area (Å²) < 4.78 is 5.34. The fourth-order valence-electron chi connectivity index (χ4n) is 2.57. The largest absolute Gasteiger partial charge is 0.495 e. The lowest BCUT2D eigenvalue weighted by molar-refractivity contribution is 0.417. The van der Waals surface area contributed by atoms with Crippen molar-refractivity contribution >= 4 is 34.7 Å². The van der Waals surface area contributed by atoms with Crippen molar-refractivity contribution in [2.75, 3.05) is 17.7 Å². The van der Waals surface area contributed by atoms with Crippen LogP contribution in [0.5, 0.6) is 5.75 Å². The standard InChI is InChI=1S/C19H20ClN5O/c1-12(2)14-6-4-5-7-15(14)23-19-24-18(11-21-25-19)22-16-10-13(20)8-9-17(16)26-3/h4-12H,1-3H3,(H2,22,23,24,25). The van der Waals surface area contributed by atoms with Crippen LogP contribution < -0.4 is 15.4 Å². The van der Waals surface area contributed by atoms with Gasteiger partial charge in [-0.05, 0) is 35.7 Å². The third-order valence-corrected chi connectivity index (χ3v) is 4.05. The normalized spacial score (nSPS) is 10.7. The summed E-state index contributed by atoms with van der Waals surface area (Å²) in [4.78, 5) is 4.47. The second-order valence-electron chi connectivity index (χ2n) is 6.00. The van der Waals surface area contributed by atoms with Crippen molar-refractivity contribution in [2.24, 2.45) is 0 Å². The highest BCUT2D eigenvalue weighted by molar-refractivity contribution is 6.31. The van der Waals surface area contributed by atoms with Crippen molar-refractivity contribution in [1.29, 1.82) is 0 Å². The molecular formula is C19H20ClN5O. The van der Waals surface area contributed by atoms with Crippen molar-refractivity contribution in [1.82, 2.24) is 15.2 Å². The van der Waals surface area contributed by atoms with Gasteiger partial charge in [0.2, 0.25) is 5.95 Å². The predicted octanol–water partition coefficient (Wildman–Crippen LogP) is 5.14. The number of nitrogens with one attached hydrogen (secondary N) is 2. The van der Waals surface area contributed by atoms with E-state index in [-0.39, 0.29) is 0 Å². The molecule has 0 atom stereocenters. The van der Waals surface area contributed by atoms with Gasteiger partial charge in [0, 0.05) is 10.7 Å². The molecular weight excluding hydrogens is 350 g/mol. The molecule has 0 spiro atoms. The highest BCUT2D eigenvalue weighted by Crippen LogP contribution is 2.30. The van der Waals surface area contributed by atoms with Crippen LogP contribution in [0.1, 0.15) is 25.3 Å². The highest BCUT2D eigenvalue weighted by Gasteiger charge is 2.10. The summed E-state index contributed by atoms with van der Waals surface area (Å²) in [5.41, 5.74) is 2.85. The van der Waals surface area contributed by atoms with Gasteiger partial charge < -0.3 is 15.4 Å². The van der Waals surface area contributed by atoms with Crippen LogP contribution in [0.25, 0.3) is 0 Å². The summed E-state index contributed by atoms with van der Waals surface area (Å²) in [6.07, 6.45) is 1.54. The van der Waals surface area contributed by atoms with Crippen LogP contribution in [0.15, 0.2) is 48.7 Å². The van der Waals surface area contributed by atoms with Gasteiger partial charge in [0.1, 0.15) is 5.75 Å². The average molecular weight is 370 g/mol. The van der Waals surface area contributed by atoms with E-state index >= 15 is 0 Å². The highest BCUT2D eigenvalue weighted by atomic mass is 35.5. The number of halogens is 1. The van der Waals surface area contributed by atoms with Gasteiger partial charge in [0.25, 0.3) is 0 Å². The van der Waals surface area contributed by atoms with Gasteiger partial charge in [-0.3, -0.25) is 0 Å². The molecule has 2 N–H and O–H groups in total. The first-order chi connectivity index (χ1) is 12.6. The first-order valence-corrected chi connectivity index (χ1v) is 8.61. The number of methoxy groups -OCH3 is 1. The number of ether oxygens (including phenoxy) is 1. The third-order valence-electron chi connectivity index (χ3n) is 3.81. The second kappa shape index (κ2) is 8.01. The summed E-state index contributed by atoms with van der Waals surface area (Å²) in [5, 5.41) is 15.1. The summed E-state index contributed by atoms with van der Waals surface area (Å²) in [6, 6.07) is 13.4. The molecule has 0 radical (unpaired) electrons. The van der Waals surface area contributed by atoms with E-state index < -0.39 is 0 Å². The molecule has 3 aromatic rings. The fraction of sp³-hybridized carbons (Fsp3) is 0.211. The molecule has 0 aliphatic heterocycles. The molecule has 7 heteroatoms. The Morgan fingerprint density at radius 1 is 1.04 bits per heavy atom. The zero-order valence-electron chi connectivity index (χ0n) is 14.8. The zero-order valence-corrected chi connectivity index (χ0v) is 15.6. The molecule has 26 heavy (non-hydrogen) atoms. The number of hydrogen-bond donors (Lipinski definition) is 2. The van der Waals surface area contributed by atoms with E-state index in [9.17, 15) is 0 Å². The van der Waals surface area contributed by atoms with E-state index in [0.29, 0.717) is 34.1 Å². The average Bonchev–Trinajstić information content (AvgIpc) is 2.62. The molecule has 0 fully saturated rings. The van der Waals surface area contributed by atoms with Crippen LogP contribution in [0.2, 0.25) is 5.02 Å². The Balaban J connectivity index is 1.85. The molecule has 3 rings (SSSR count). The van der Waals surface area contributed by atoms with E-state index in [1.54, 1.807) is 31.5 Å². The Bertz CT molecular complexity index is 901. The summed E-state index contributed by atoms with van der Waals surface area (Å²) in [6.45, 7) is 4.28. The van der Waals surface area contributed by atoms with Gasteiger partial charge in [0.15, 0.2) is 5.82 Å². The molecule has 1 heterocycles. The van der Waals surface area contributed by atoms with E-state index in [1.807, 2.05) is 18.2 Å². The van der Waals surface area contributed by atoms with Crippen molar-refractivity contribution in [3.8, 4) is 5.75 Å².